The minimum atomic E-state index is 0.677. The lowest BCUT2D eigenvalue weighted by molar-refractivity contribution is 0.246. The minimum absolute atomic E-state index is 0.677. The van der Waals surface area contributed by atoms with Crippen molar-refractivity contribution in [2.45, 2.75) is 44.3 Å². The second kappa shape index (κ2) is 5.21. The largest absolute Gasteiger partial charge is 0.493 e. The molecule has 3 aliphatic rings. The number of nitrogens with one attached hydrogen (secondary N) is 1. The Bertz CT molecular complexity index is 519. The third-order valence-electron chi connectivity index (χ3n) is 4.83. The topological polar surface area (TPSA) is 24.5 Å². The van der Waals surface area contributed by atoms with Gasteiger partial charge in [-0.3, -0.25) is 4.90 Å². The maximum absolute atomic E-state index is 6.26. The first-order chi connectivity index (χ1) is 9.78. The van der Waals surface area contributed by atoms with Crippen LogP contribution in [0.5, 0.6) is 5.75 Å². The summed E-state index contributed by atoms with van der Waals surface area (Å²) >= 11 is 6.26. The highest BCUT2D eigenvalue weighted by atomic mass is 35.5. The van der Waals surface area contributed by atoms with Crippen LogP contribution in [0, 0.1) is 0 Å². The van der Waals surface area contributed by atoms with Gasteiger partial charge >= 0.3 is 0 Å². The molecule has 0 spiro atoms. The van der Waals surface area contributed by atoms with Gasteiger partial charge < -0.3 is 10.1 Å². The molecule has 1 aromatic rings. The quantitative estimate of drug-likeness (QED) is 0.907. The summed E-state index contributed by atoms with van der Waals surface area (Å²) in [6.07, 6.45) is 4.94. The van der Waals surface area contributed by atoms with Crippen molar-refractivity contribution in [1.29, 1.82) is 0 Å². The average Bonchev–Trinajstić information content (AvgIpc) is 2.98. The van der Waals surface area contributed by atoms with Gasteiger partial charge in [-0.25, -0.2) is 0 Å². The van der Waals surface area contributed by atoms with Crippen molar-refractivity contribution in [1.82, 2.24) is 10.2 Å². The molecule has 2 saturated heterocycles. The van der Waals surface area contributed by atoms with Crippen molar-refractivity contribution >= 4 is 11.6 Å². The van der Waals surface area contributed by atoms with Crippen LogP contribution in [0.3, 0.4) is 0 Å². The third kappa shape index (κ3) is 2.43. The van der Waals surface area contributed by atoms with Gasteiger partial charge in [0.1, 0.15) is 5.75 Å². The predicted molar refractivity (Wildman–Crippen MR) is 80.5 cm³/mol. The van der Waals surface area contributed by atoms with E-state index in [0.29, 0.717) is 6.04 Å². The van der Waals surface area contributed by atoms with Crippen LogP contribution in [0.25, 0.3) is 0 Å². The fourth-order valence-electron chi connectivity index (χ4n) is 3.86. The lowest BCUT2D eigenvalue weighted by Crippen LogP contribution is -2.35. The fourth-order valence-corrected chi connectivity index (χ4v) is 4.13. The Labute approximate surface area is 125 Å². The molecule has 0 aromatic heterocycles. The van der Waals surface area contributed by atoms with Crippen LogP contribution in [0.15, 0.2) is 12.1 Å². The van der Waals surface area contributed by atoms with E-state index in [4.69, 9.17) is 16.3 Å². The van der Waals surface area contributed by atoms with Crippen molar-refractivity contribution in [2.24, 2.45) is 0 Å². The lowest BCUT2D eigenvalue weighted by atomic mass is 10.1. The molecule has 2 atom stereocenters. The number of halogens is 1. The monoisotopic (exact) mass is 292 g/mol. The molecule has 4 rings (SSSR count). The molecule has 2 fully saturated rings. The number of rotatable bonds is 2. The molecule has 0 saturated carbocycles. The van der Waals surface area contributed by atoms with Gasteiger partial charge in [0.25, 0.3) is 0 Å². The molecule has 0 amide bonds. The van der Waals surface area contributed by atoms with Crippen molar-refractivity contribution in [3.05, 3.63) is 28.3 Å². The Balaban J connectivity index is 1.54. The number of hydrogen-bond donors (Lipinski definition) is 1. The zero-order chi connectivity index (χ0) is 13.5. The Morgan fingerprint density at radius 3 is 3.10 bits per heavy atom. The lowest BCUT2D eigenvalue weighted by Gasteiger charge is -2.24. The van der Waals surface area contributed by atoms with E-state index in [1.54, 1.807) is 0 Å². The molecule has 3 aliphatic heterocycles. The smallest absolute Gasteiger partial charge is 0.127 e. The van der Waals surface area contributed by atoms with Crippen molar-refractivity contribution in [3.8, 4) is 5.75 Å². The van der Waals surface area contributed by atoms with Crippen LogP contribution >= 0.6 is 11.6 Å². The van der Waals surface area contributed by atoms with Crippen LogP contribution in [-0.4, -0.2) is 36.7 Å². The number of hydrogen-bond acceptors (Lipinski definition) is 3. The van der Waals surface area contributed by atoms with E-state index in [1.165, 1.54) is 36.9 Å². The Morgan fingerprint density at radius 1 is 1.25 bits per heavy atom. The van der Waals surface area contributed by atoms with E-state index in [2.05, 4.69) is 22.3 Å². The number of likely N-dealkylation sites (tertiary alicyclic amines) is 1. The highest BCUT2D eigenvalue weighted by Crippen LogP contribution is 2.34. The highest BCUT2D eigenvalue weighted by molar-refractivity contribution is 6.30. The summed E-state index contributed by atoms with van der Waals surface area (Å²) in [6.45, 7) is 4.09. The molecular weight excluding hydrogens is 272 g/mol. The first kappa shape index (κ1) is 12.9. The molecule has 0 radical (unpaired) electrons. The summed E-state index contributed by atoms with van der Waals surface area (Å²) in [4.78, 5) is 2.56. The van der Waals surface area contributed by atoms with E-state index in [9.17, 15) is 0 Å². The fraction of sp³-hybridized carbons (Fsp3) is 0.625. The molecular formula is C16H21ClN2O. The number of nitrogens with zero attached hydrogens (tertiary/aromatic N) is 1. The van der Waals surface area contributed by atoms with Gasteiger partial charge in [-0.05, 0) is 37.0 Å². The number of fused-ring (bicyclic) bond motifs is 3. The summed E-state index contributed by atoms with van der Waals surface area (Å²) in [6, 6.07) is 5.56. The molecule has 2 unspecified atom stereocenters. The molecule has 3 heterocycles. The van der Waals surface area contributed by atoms with Gasteiger partial charge in [-0.2, -0.15) is 0 Å². The number of benzene rings is 1. The first-order valence-corrected chi connectivity index (χ1v) is 8.08. The van der Waals surface area contributed by atoms with Crippen LogP contribution in [0.4, 0.5) is 0 Å². The molecule has 4 heteroatoms. The maximum atomic E-state index is 6.26. The highest BCUT2D eigenvalue weighted by Gasteiger charge is 2.30. The summed E-state index contributed by atoms with van der Waals surface area (Å²) in [5, 5.41) is 4.58. The molecule has 1 aromatic carbocycles. The van der Waals surface area contributed by atoms with E-state index in [0.717, 1.165) is 42.9 Å². The van der Waals surface area contributed by atoms with Gasteiger partial charge in [-0.15, -0.1) is 0 Å². The van der Waals surface area contributed by atoms with Gasteiger partial charge in [0.2, 0.25) is 0 Å². The molecule has 20 heavy (non-hydrogen) atoms. The average molecular weight is 293 g/mol. The Kier molecular flexibility index (Phi) is 3.37. The van der Waals surface area contributed by atoms with Crippen LogP contribution in [0.1, 0.15) is 30.4 Å². The van der Waals surface area contributed by atoms with Crippen molar-refractivity contribution in [2.75, 3.05) is 19.7 Å². The maximum Gasteiger partial charge on any atom is 0.127 e. The molecule has 1 N–H and O–H groups in total. The Morgan fingerprint density at radius 2 is 2.15 bits per heavy atom. The van der Waals surface area contributed by atoms with Gasteiger partial charge in [0.15, 0.2) is 0 Å². The normalized spacial score (nSPS) is 29.1. The van der Waals surface area contributed by atoms with E-state index in [1.807, 2.05) is 0 Å². The van der Waals surface area contributed by atoms with Crippen LogP contribution < -0.4 is 10.1 Å². The third-order valence-corrected chi connectivity index (χ3v) is 5.04. The summed E-state index contributed by atoms with van der Waals surface area (Å²) in [5.41, 5.74) is 2.55. The van der Waals surface area contributed by atoms with E-state index >= 15 is 0 Å². The summed E-state index contributed by atoms with van der Waals surface area (Å²) < 4.78 is 5.82. The minimum Gasteiger partial charge on any atom is -0.493 e. The molecule has 3 nitrogen and oxygen atoms in total. The first-order valence-electron chi connectivity index (χ1n) is 7.70. The standard InChI is InChI=1S/C16H21ClN2O/c17-13-7-11-4-6-20-16(11)12(8-13)9-19-5-3-14-1-2-15(10-19)18-14/h7-8,14-15,18H,1-6,9-10H2. The van der Waals surface area contributed by atoms with Crippen molar-refractivity contribution in [3.63, 3.8) is 0 Å². The second-order valence-electron chi connectivity index (χ2n) is 6.31. The van der Waals surface area contributed by atoms with Gasteiger partial charge in [0, 0.05) is 48.7 Å². The summed E-state index contributed by atoms with van der Waals surface area (Å²) in [7, 11) is 0. The SMILES string of the molecule is Clc1cc2c(c(CN3CCC4CCC(C3)N4)c1)OCC2. The number of ether oxygens (including phenoxy) is 1. The molecule has 108 valence electrons. The Hall–Kier alpha value is -0.770. The molecule has 2 bridgehead atoms. The van der Waals surface area contributed by atoms with Crippen molar-refractivity contribution < 1.29 is 4.74 Å². The van der Waals surface area contributed by atoms with Crippen LogP contribution in [-0.2, 0) is 13.0 Å². The zero-order valence-electron chi connectivity index (χ0n) is 11.7. The van der Waals surface area contributed by atoms with Gasteiger partial charge in [0.05, 0.1) is 6.61 Å². The second-order valence-corrected chi connectivity index (χ2v) is 6.75. The molecule has 0 aliphatic carbocycles. The van der Waals surface area contributed by atoms with Gasteiger partial charge in [-0.1, -0.05) is 11.6 Å². The zero-order valence-corrected chi connectivity index (χ0v) is 12.5. The van der Waals surface area contributed by atoms with E-state index in [-0.39, 0.29) is 0 Å². The summed E-state index contributed by atoms with van der Waals surface area (Å²) in [5.74, 6) is 1.09. The van der Waals surface area contributed by atoms with Crippen LogP contribution in [0.2, 0.25) is 5.02 Å². The predicted octanol–water partition coefficient (Wildman–Crippen LogP) is 2.60. The van der Waals surface area contributed by atoms with E-state index < -0.39 is 0 Å².